The molecule has 0 aliphatic heterocycles. The maximum Gasteiger partial charge on any atom is 0.141 e. The zero-order chi connectivity index (χ0) is 9.68. The number of anilines is 1. The number of rotatable bonds is 4. The van der Waals surface area contributed by atoms with E-state index in [4.69, 9.17) is 15.7 Å². The van der Waals surface area contributed by atoms with Gasteiger partial charge in [0.25, 0.3) is 0 Å². The van der Waals surface area contributed by atoms with Crippen LogP contribution in [0.2, 0.25) is 0 Å². The second-order valence-electron chi connectivity index (χ2n) is 2.68. The fourth-order valence-electron chi connectivity index (χ4n) is 0.862. The Balaban J connectivity index is 2.25. The van der Waals surface area contributed by atoms with Crippen molar-refractivity contribution in [3.05, 3.63) is 12.4 Å². The Kier molecular flexibility index (Phi) is 3.29. The summed E-state index contributed by atoms with van der Waals surface area (Å²) in [6.45, 7) is 2.79. The lowest BCUT2D eigenvalue weighted by atomic mass is 10.4. The third-order valence-electron chi connectivity index (χ3n) is 1.52. The average molecular weight is 180 g/mol. The number of hydrogen-bond donors (Lipinski definition) is 1. The number of nitriles is 1. The third-order valence-corrected chi connectivity index (χ3v) is 1.52. The van der Waals surface area contributed by atoms with E-state index in [1.807, 2.05) is 6.07 Å². The van der Waals surface area contributed by atoms with E-state index in [0.29, 0.717) is 18.8 Å². The van der Waals surface area contributed by atoms with Crippen LogP contribution in [-0.2, 0) is 11.3 Å². The molecule has 0 fully saturated rings. The first kappa shape index (κ1) is 9.55. The van der Waals surface area contributed by atoms with Gasteiger partial charge < -0.3 is 10.5 Å². The van der Waals surface area contributed by atoms with Gasteiger partial charge in [0.05, 0.1) is 31.1 Å². The lowest BCUT2D eigenvalue weighted by Gasteiger charge is -2.04. The molecule has 2 N–H and O–H groups in total. The summed E-state index contributed by atoms with van der Waals surface area (Å²) < 4.78 is 6.82. The molecule has 0 aliphatic carbocycles. The summed E-state index contributed by atoms with van der Waals surface area (Å²) in [7, 11) is 0. The molecule has 0 amide bonds. The Hall–Kier alpha value is -1.54. The summed E-state index contributed by atoms with van der Waals surface area (Å²) in [6, 6.07) is 1.98. The Morgan fingerprint density at radius 1 is 1.85 bits per heavy atom. The summed E-state index contributed by atoms with van der Waals surface area (Å²) >= 11 is 0. The van der Waals surface area contributed by atoms with Gasteiger partial charge >= 0.3 is 0 Å². The molecular formula is C8H12N4O. The molecule has 1 unspecified atom stereocenters. The third kappa shape index (κ3) is 3.13. The van der Waals surface area contributed by atoms with Crippen molar-refractivity contribution in [3.8, 4) is 6.07 Å². The predicted octanol–water partition coefficient (Wildman–Crippen LogP) is 0.394. The summed E-state index contributed by atoms with van der Waals surface area (Å²) in [4.78, 5) is 0. The highest BCUT2D eigenvalue weighted by molar-refractivity contribution is 5.30. The normalized spacial score (nSPS) is 12.3. The molecule has 13 heavy (non-hydrogen) atoms. The van der Waals surface area contributed by atoms with Gasteiger partial charge in [0, 0.05) is 6.20 Å². The van der Waals surface area contributed by atoms with Crippen molar-refractivity contribution >= 4 is 5.69 Å². The van der Waals surface area contributed by atoms with Crippen molar-refractivity contribution in [3.63, 3.8) is 0 Å². The lowest BCUT2D eigenvalue weighted by Crippen LogP contribution is -2.11. The van der Waals surface area contributed by atoms with Gasteiger partial charge in [-0.25, -0.2) is 0 Å². The second kappa shape index (κ2) is 4.48. The number of nitrogens with zero attached hydrogens (tertiary/aromatic N) is 3. The molecule has 5 nitrogen and oxygen atoms in total. The quantitative estimate of drug-likeness (QED) is 0.727. The highest BCUT2D eigenvalue weighted by Gasteiger charge is 1.99. The minimum atomic E-state index is -0.368. The Labute approximate surface area is 76.7 Å². The number of ether oxygens (including phenoxy) is 1. The molecule has 1 aromatic rings. The van der Waals surface area contributed by atoms with Gasteiger partial charge in [0.15, 0.2) is 0 Å². The molecule has 0 aromatic carbocycles. The molecule has 0 radical (unpaired) electrons. The van der Waals surface area contributed by atoms with Crippen molar-refractivity contribution in [2.75, 3.05) is 12.3 Å². The van der Waals surface area contributed by atoms with Crippen molar-refractivity contribution in [2.24, 2.45) is 0 Å². The Morgan fingerprint density at radius 2 is 2.62 bits per heavy atom. The van der Waals surface area contributed by atoms with E-state index in [1.54, 1.807) is 24.0 Å². The molecule has 0 saturated heterocycles. The van der Waals surface area contributed by atoms with Gasteiger partial charge in [-0.3, -0.25) is 4.68 Å². The lowest BCUT2D eigenvalue weighted by molar-refractivity contribution is 0.0932. The van der Waals surface area contributed by atoms with E-state index in [0.717, 1.165) is 0 Å². The minimum absolute atomic E-state index is 0.368. The van der Waals surface area contributed by atoms with Crippen LogP contribution in [-0.4, -0.2) is 22.5 Å². The van der Waals surface area contributed by atoms with Gasteiger partial charge in [-0.2, -0.15) is 10.4 Å². The van der Waals surface area contributed by atoms with Crippen molar-refractivity contribution in [1.29, 1.82) is 5.26 Å². The first-order valence-corrected chi connectivity index (χ1v) is 4.01. The molecule has 0 aliphatic rings. The molecule has 0 saturated carbocycles. The van der Waals surface area contributed by atoms with Crippen LogP contribution in [0.4, 0.5) is 5.69 Å². The maximum atomic E-state index is 8.42. The van der Waals surface area contributed by atoms with E-state index >= 15 is 0 Å². The largest absolute Gasteiger partial charge is 0.396 e. The summed E-state index contributed by atoms with van der Waals surface area (Å²) in [5.74, 6) is 0. The fraction of sp³-hybridized carbons (Fsp3) is 0.500. The molecular weight excluding hydrogens is 168 g/mol. The monoisotopic (exact) mass is 180 g/mol. The molecule has 70 valence electrons. The predicted molar refractivity (Wildman–Crippen MR) is 47.7 cm³/mol. The van der Waals surface area contributed by atoms with Crippen LogP contribution in [0, 0.1) is 11.3 Å². The number of nitrogen functional groups attached to an aromatic ring is 1. The molecule has 1 rings (SSSR count). The first-order chi connectivity index (χ1) is 6.22. The van der Waals surface area contributed by atoms with Crippen LogP contribution in [0.1, 0.15) is 6.92 Å². The SMILES string of the molecule is CC(C#N)OCCn1cc(N)cn1. The van der Waals surface area contributed by atoms with E-state index in [9.17, 15) is 0 Å². The zero-order valence-corrected chi connectivity index (χ0v) is 7.47. The smallest absolute Gasteiger partial charge is 0.141 e. The van der Waals surface area contributed by atoms with E-state index in [2.05, 4.69) is 5.10 Å². The molecule has 0 bridgehead atoms. The van der Waals surface area contributed by atoms with Crippen molar-refractivity contribution in [2.45, 2.75) is 19.6 Å². The van der Waals surface area contributed by atoms with Crippen LogP contribution >= 0.6 is 0 Å². The summed E-state index contributed by atoms with van der Waals surface area (Å²) in [5.41, 5.74) is 6.09. The molecule has 1 atom stereocenters. The van der Waals surface area contributed by atoms with Gasteiger partial charge in [-0.1, -0.05) is 0 Å². The van der Waals surface area contributed by atoms with E-state index in [1.165, 1.54) is 0 Å². The van der Waals surface area contributed by atoms with E-state index in [-0.39, 0.29) is 6.10 Å². The summed E-state index contributed by atoms with van der Waals surface area (Å²) in [6.07, 6.45) is 2.93. The van der Waals surface area contributed by atoms with E-state index < -0.39 is 0 Å². The number of aromatic nitrogens is 2. The van der Waals surface area contributed by atoms with Crippen LogP contribution in [0.15, 0.2) is 12.4 Å². The zero-order valence-electron chi connectivity index (χ0n) is 7.47. The second-order valence-corrected chi connectivity index (χ2v) is 2.68. The average Bonchev–Trinajstić information content (AvgIpc) is 2.51. The minimum Gasteiger partial charge on any atom is -0.396 e. The fourth-order valence-corrected chi connectivity index (χ4v) is 0.862. The number of nitrogens with two attached hydrogens (primary N) is 1. The molecule has 1 heterocycles. The highest BCUT2D eigenvalue weighted by Crippen LogP contribution is 1.97. The van der Waals surface area contributed by atoms with Gasteiger partial charge in [0.2, 0.25) is 0 Å². The first-order valence-electron chi connectivity index (χ1n) is 4.01. The molecule has 5 heteroatoms. The standard InChI is InChI=1S/C8H12N4O/c1-7(4-9)13-3-2-12-6-8(10)5-11-12/h5-7H,2-3,10H2,1H3. The van der Waals surface area contributed by atoms with Gasteiger partial charge in [0.1, 0.15) is 6.10 Å². The van der Waals surface area contributed by atoms with Crippen LogP contribution in [0.25, 0.3) is 0 Å². The Morgan fingerprint density at radius 3 is 3.15 bits per heavy atom. The van der Waals surface area contributed by atoms with Crippen LogP contribution in [0.5, 0.6) is 0 Å². The van der Waals surface area contributed by atoms with Gasteiger partial charge in [-0.05, 0) is 6.92 Å². The summed E-state index contributed by atoms with van der Waals surface area (Å²) in [5, 5.41) is 12.4. The van der Waals surface area contributed by atoms with Crippen molar-refractivity contribution < 1.29 is 4.74 Å². The molecule has 0 spiro atoms. The maximum absolute atomic E-state index is 8.42. The van der Waals surface area contributed by atoms with Gasteiger partial charge in [-0.15, -0.1) is 0 Å². The molecule has 1 aromatic heterocycles. The van der Waals surface area contributed by atoms with Crippen LogP contribution in [0.3, 0.4) is 0 Å². The topological polar surface area (TPSA) is 76.9 Å². The van der Waals surface area contributed by atoms with Crippen molar-refractivity contribution in [1.82, 2.24) is 9.78 Å². The highest BCUT2D eigenvalue weighted by atomic mass is 16.5. The van der Waals surface area contributed by atoms with Crippen LogP contribution < -0.4 is 5.73 Å². The number of hydrogen-bond acceptors (Lipinski definition) is 4. The Bertz CT molecular complexity index is 301.